The van der Waals surface area contributed by atoms with Gasteiger partial charge in [-0.1, -0.05) is 17.7 Å². The lowest BCUT2D eigenvalue weighted by atomic mass is 10.2. The van der Waals surface area contributed by atoms with Crippen molar-refractivity contribution in [1.82, 2.24) is 4.72 Å². The molecule has 0 amide bonds. The minimum Gasteiger partial charge on any atom is -0.388 e. The minimum atomic E-state index is -3.55. The molecule has 1 unspecified atom stereocenters. The van der Waals surface area contributed by atoms with E-state index in [2.05, 4.69) is 4.72 Å². The summed E-state index contributed by atoms with van der Waals surface area (Å²) in [6.45, 7) is 5.36. The maximum atomic E-state index is 12.1. The summed E-state index contributed by atoms with van der Waals surface area (Å²) in [5.41, 5.74) is 6.97. The molecule has 0 spiro atoms. The van der Waals surface area contributed by atoms with Gasteiger partial charge < -0.3 is 5.73 Å². The topological polar surface area (TPSA) is 96.0 Å². The van der Waals surface area contributed by atoms with E-state index in [1.54, 1.807) is 26.0 Å². The van der Waals surface area contributed by atoms with E-state index in [9.17, 15) is 8.42 Å². The van der Waals surface area contributed by atoms with Crippen LogP contribution in [0.2, 0.25) is 0 Å². The summed E-state index contributed by atoms with van der Waals surface area (Å²) >= 11 is 0. The molecule has 0 aliphatic rings. The number of amidine groups is 1. The van der Waals surface area contributed by atoms with Gasteiger partial charge in [0.2, 0.25) is 10.0 Å². The summed E-state index contributed by atoms with van der Waals surface area (Å²) in [6.07, 6.45) is 0.199. The number of sulfonamides is 1. The quantitative estimate of drug-likeness (QED) is 0.555. The van der Waals surface area contributed by atoms with Crippen molar-refractivity contribution in [2.45, 2.75) is 38.1 Å². The van der Waals surface area contributed by atoms with E-state index in [0.717, 1.165) is 5.56 Å². The van der Waals surface area contributed by atoms with Gasteiger partial charge in [0, 0.05) is 12.5 Å². The molecule has 0 saturated carbocycles. The second-order valence-corrected chi connectivity index (χ2v) is 6.20. The molecule has 5 nitrogen and oxygen atoms in total. The number of aryl methyl sites for hydroxylation is 2. The molecule has 0 fully saturated rings. The lowest BCUT2D eigenvalue weighted by Crippen LogP contribution is -2.35. The minimum absolute atomic E-state index is 0.0363. The highest BCUT2D eigenvalue weighted by Crippen LogP contribution is 2.16. The lowest BCUT2D eigenvalue weighted by Gasteiger charge is -2.15. The molecule has 6 heteroatoms. The molecule has 0 saturated heterocycles. The Morgan fingerprint density at radius 3 is 2.56 bits per heavy atom. The third-order valence-electron chi connectivity index (χ3n) is 2.50. The summed E-state index contributed by atoms with van der Waals surface area (Å²) in [5.74, 6) is -0.0363. The number of nitrogens with two attached hydrogens (primary N) is 1. The van der Waals surface area contributed by atoms with Crippen molar-refractivity contribution in [2.75, 3.05) is 0 Å². The summed E-state index contributed by atoms with van der Waals surface area (Å²) in [6, 6.07) is 4.78. The van der Waals surface area contributed by atoms with Crippen LogP contribution in [0.3, 0.4) is 0 Å². The van der Waals surface area contributed by atoms with Gasteiger partial charge >= 0.3 is 0 Å². The van der Waals surface area contributed by atoms with Crippen LogP contribution in [0.25, 0.3) is 0 Å². The summed E-state index contributed by atoms with van der Waals surface area (Å²) in [5, 5.41) is 7.15. The van der Waals surface area contributed by atoms with Crippen molar-refractivity contribution in [3.63, 3.8) is 0 Å². The molecule has 1 aromatic carbocycles. The Morgan fingerprint density at radius 1 is 1.44 bits per heavy atom. The van der Waals surface area contributed by atoms with Gasteiger partial charge in [0.15, 0.2) is 0 Å². The fourth-order valence-corrected chi connectivity index (χ4v) is 3.27. The number of benzene rings is 1. The van der Waals surface area contributed by atoms with Crippen molar-refractivity contribution in [3.05, 3.63) is 29.3 Å². The van der Waals surface area contributed by atoms with E-state index in [4.69, 9.17) is 11.1 Å². The number of hydrogen-bond donors (Lipinski definition) is 3. The Bertz CT molecular complexity index is 552. The SMILES string of the molecule is Cc1ccc(S(=O)(=O)NC(C)CC(=N)N)c(C)c1. The fraction of sp³-hybridized carbons (Fsp3) is 0.417. The Hall–Kier alpha value is -1.40. The molecule has 0 heterocycles. The molecule has 4 N–H and O–H groups in total. The maximum Gasteiger partial charge on any atom is 0.241 e. The van der Waals surface area contributed by atoms with E-state index < -0.39 is 16.1 Å². The maximum absolute atomic E-state index is 12.1. The number of nitrogens with one attached hydrogen (secondary N) is 2. The third-order valence-corrected chi connectivity index (χ3v) is 4.25. The number of hydrogen-bond acceptors (Lipinski definition) is 3. The molecule has 0 aliphatic heterocycles. The molecule has 0 aromatic heterocycles. The highest BCUT2D eigenvalue weighted by atomic mass is 32.2. The molecule has 1 rings (SSSR count). The van der Waals surface area contributed by atoms with Gasteiger partial charge in [-0.15, -0.1) is 0 Å². The molecule has 1 atom stereocenters. The Labute approximate surface area is 108 Å². The van der Waals surface area contributed by atoms with Crippen LogP contribution in [-0.2, 0) is 10.0 Å². The zero-order valence-corrected chi connectivity index (χ0v) is 11.6. The van der Waals surface area contributed by atoms with Crippen LogP contribution in [0.15, 0.2) is 23.1 Å². The van der Waals surface area contributed by atoms with Gasteiger partial charge in [-0.2, -0.15) is 0 Å². The van der Waals surface area contributed by atoms with Crippen molar-refractivity contribution in [2.24, 2.45) is 5.73 Å². The van der Waals surface area contributed by atoms with Gasteiger partial charge in [0.1, 0.15) is 0 Å². The number of rotatable bonds is 5. The first kappa shape index (κ1) is 14.7. The van der Waals surface area contributed by atoms with Crippen LogP contribution in [0, 0.1) is 19.3 Å². The Kier molecular flexibility index (Phi) is 4.48. The molecular weight excluding hydrogens is 250 g/mol. The highest BCUT2D eigenvalue weighted by Gasteiger charge is 2.19. The van der Waals surface area contributed by atoms with Gasteiger partial charge in [-0.3, -0.25) is 5.41 Å². The van der Waals surface area contributed by atoms with E-state index in [-0.39, 0.29) is 17.2 Å². The zero-order chi connectivity index (χ0) is 13.9. The molecular formula is C12H19N3O2S. The van der Waals surface area contributed by atoms with Crippen LogP contribution in [-0.4, -0.2) is 20.3 Å². The van der Waals surface area contributed by atoms with E-state index in [1.165, 1.54) is 0 Å². The third kappa shape index (κ3) is 3.82. The van der Waals surface area contributed by atoms with Gasteiger partial charge in [-0.25, -0.2) is 13.1 Å². The summed E-state index contributed by atoms with van der Waals surface area (Å²) < 4.78 is 26.8. The van der Waals surface area contributed by atoms with Crippen LogP contribution < -0.4 is 10.5 Å². The molecule has 100 valence electrons. The highest BCUT2D eigenvalue weighted by molar-refractivity contribution is 7.89. The van der Waals surface area contributed by atoms with Crippen molar-refractivity contribution < 1.29 is 8.42 Å². The molecule has 1 aromatic rings. The second kappa shape index (κ2) is 5.49. The average Bonchev–Trinajstić information content (AvgIpc) is 2.13. The standard InChI is InChI=1S/C12H19N3O2S/c1-8-4-5-11(9(2)6-8)18(16,17)15-10(3)7-12(13)14/h4-6,10,15H,7H2,1-3H3,(H3,13,14). The molecule has 18 heavy (non-hydrogen) atoms. The van der Waals surface area contributed by atoms with Crippen LogP contribution >= 0.6 is 0 Å². The zero-order valence-electron chi connectivity index (χ0n) is 10.8. The monoisotopic (exact) mass is 269 g/mol. The molecule has 0 radical (unpaired) electrons. The average molecular weight is 269 g/mol. The Balaban J connectivity index is 2.96. The van der Waals surface area contributed by atoms with Crippen molar-refractivity contribution >= 4 is 15.9 Å². The van der Waals surface area contributed by atoms with Crippen LogP contribution in [0.5, 0.6) is 0 Å². The smallest absolute Gasteiger partial charge is 0.241 e. The van der Waals surface area contributed by atoms with Crippen LogP contribution in [0.4, 0.5) is 0 Å². The Morgan fingerprint density at radius 2 is 2.06 bits per heavy atom. The second-order valence-electron chi connectivity index (χ2n) is 4.52. The predicted molar refractivity (Wildman–Crippen MR) is 72.2 cm³/mol. The fourth-order valence-electron chi connectivity index (χ4n) is 1.80. The summed E-state index contributed by atoms with van der Waals surface area (Å²) in [7, 11) is -3.55. The van der Waals surface area contributed by atoms with E-state index in [1.807, 2.05) is 13.0 Å². The first-order valence-electron chi connectivity index (χ1n) is 5.65. The van der Waals surface area contributed by atoms with Gasteiger partial charge in [0.25, 0.3) is 0 Å². The first-order chi connectivity index (χ1) is 8.22. The molecule has 0 aliphatic carbocycles. The lowest BCUT2D eigenvalue weighted by molar-refractivity contribution is 0.563. The van der Waals surface area contributed by atoms with Crippen molar-refractivity contribution in [3.8, 4) is 0 Å². The van der Waals surface area contributed by atoms with Crippen LogP contribution in [0.1, 0.15) is 24.5 Å². The van der Waals surface area contributed by atoms with Gasteiger partial charge in [0.05, 0.1) is 10.7 Å². The molecule has 0 bridgehead atoms. The van der Waals surface area contributed by atoms with E-state index in [0.29, 0.717) is 5.56 Å². The van der Waals surface area contributed by atoms with Gasteiger partial charge in [-0.05, 0) is 32.4 Å². The normalized spacial score (nSPS) is 13.3. The first-order valence-corrected chi connectivity index (χ1v) is 7.13. The predicted octanol–water partition coefficient (Wildman–Crippen LogP) is 1.30. The van der Waals surface area contributed by atoms with Crippen molar-refractivity contribution in [1.29, 1.82) is 5.41 Å². The largest absolute Gasteiger partial charge is 0.388 e. The summed E-state index contributed by atoms with van der Waals surface area (Å²) in [4.78, 5) is 0.267. The van der Waals surface area contributed by atoms with E-state index >= 15 is 0 Å².